The minimum Gasteiger partial charge on any atom is -0.367 e. The maximum atomic E-state index is 10.5. The van der Waals surface area contributed by atoms with Gasteiger partial charge in [-0.25, -0.2) is 4.98 Å². The number of pyridine rings is 1. The number of hydrogen-bond donors (Lipinski definition) is 1. The van der Waals surface area contributed by atoms with Crippen LogP contribution in [-0.2, 0) is 0 Å². The fourth-order valence-electron chi connectivity index (χ4n) is 0.787. The molecule has 0 aliphatic rings. The molecule has 0 bridgehead atoms. The van der Waals surface area contributed by atoms with E-state index in [1.165, 1.54) is 12.3 Å². The molecule has 0 aliphatic carbocycles. The first kappa shape index (κ1) is 8.92. The maximum absolute atomic E-state index is 10.5. The fraction of sp³-hybridized carbons (Fsp3) is 0.167. The molecule has 1 heterocycles. The normalized spacial score (nSPS) is 9.50. The van der Waals surface area contributed by atoms with Gasteiger partial charge in [0.15, 0.2) is 0 Å². The van der Waals surface area contributed by atoms with Gasteiger partial charge in [-0.2, -0.15) is 0 Å². The molecule has 1 aromatic rings. The molecule has 1 N–H and O–H groups in total. The van der Waals surface area contributed by atoms with Gasteiger partial charge >= 0.3 is 5.69 Å². The van der Waals surface area contributed by atoms with E-state index < -0.39 is 4.92 Å². The number of aromatic nitrogens is 1. The van der Waals surface area contributed by atoms with Crippen molar-refractivity contribution in [1.82, 2.24) is 4.98 Å². The number of nitro groups is 1. The summed E-state index contributed by atoms with van der Waals surface area (Å²) in [6, 6.07) is 1.53. The minimum atomic E-state index is -0.483. The number of nitrogens with zero attached hydrogens (tertiary/aromatic N) is 2. The summed E-state index contributed by atoms with van der Waals surface area (Å²) in [6.45, 7) is 0. The zero-order valence-corrected chi connectivity index (χ0v) is 7.83. The molecule has 5 nitrogen and oxygen atoms in total. The zero-order chi connectivity index (χ0) is 9.14. The quantitative estimate of drug-likeness (QED) is 0.623. The Kier molecular flexibility index (Phi) is 2.59. The second-order valence-corrected chi connectivity index (χ2v) is 2.85. The van der Waals surface area contributed by atoms with Crippen molar-refractivity contribution in [2.75, 3.05) is 12.4 Å². The van der Waals surface area contributed by atoms with E-state index in [0.29, 0.717) is 4.47 Å². The van der Waals surface area contributed by atoms with Crippen molar-refractivity contribution in [2.45, 2.75) is 0 Å². The standard InChI is InChI=1S/C6H6BrN3O2/c1-8-6-5(10(11)12)4(7)2-3-9-6/h2-3H,1H3,(H,8,9). The molecule has 0 spiro atoms. The highest BCUT2D eigenvalue weighted by atomic mass is 79.9. The van der Waals surface area contributed by atoms with Gasteiger partial charge in [-0.15, -0.1) is 0 Å². The van der Waals surface area contributed by atoms with E-state index in [2.05, 4.69) is 26.2 Å². The van der Waals surface area contributed by atoms with Crippen LogP contribution in [-0.4, -0.2) is 17.0 Å². The molecule has 12 heavy (non-hydrogen) atoms. The Bertz CT molecular complexity index is 316. The average molecular weight is 232 g/mol. The lowest BCUT2D eigenvalue weighted by atomic mass is 10.4. The second kappa shape index (κ2) is 3.48. The van der Waals surface area contributed by atoms with Crippen LogP contribution in [0.25, 0.3) is 0 Å². The lowest BCUT2D eigenvalue weighted by Gasteiger charge is -2.00. The Morgan fingerprint density at radius 1 is 1.75 bits per heavy atom. The smallest absolute Gasteiger partial charge is 0.325 e. The molecule has 0 saturated carbocycles. The first-order valence-corrected chi connectivity index (χ1v) is 3.92. The van der Waals surface area contributed by atoms with Crippen molar-refractivity contribution >= 4 is 27.4 Å². The molecular formula is C6H6BrN3O2. The van der Waals surface area contributed by atoms with Crippen LogP contribution in [0.4, 0.5) is 11.5 Å². The summed E-state index contributed by atoms with van der Waals surface area (Å²) in [7, 11) is 1.59. The number of nitrogens with one attached hydrogen (secondary N) is 1. The van der Waals surface area contributed by atoms with Crippen molar-refractivity contribution < 1.29 is 4.92 Å². The summed E-state index contributed by atoms with van der Waals surface area (Å²) in [5.74, 6) is 0.259. The lowest BCUT2D eigenvalue weighted by Crippen LogP contribution is -1.99. The molecule has 0 atom stereocenters. The molecule has 64 valence electrons. The Balaban J connectivity index is 3.29. The van der Waals surface area contributed by atoms with Gasteiger partial charge < -0.3 is 5.32 Å². The molecule has 0 amide bonds. The summed E-state index contributed by atoms with van der Waals surface area (Å²) in [6.07, 6.45) is 1.49. The van der Waals surface area contributed by atoms with E-state index in [9.17, 15) is 10.1 Å². The predicted octanol–water partition coefficient (Wildman–Crippen LogP) is 1.79. The van der Waals surface area contributed by atoms with Crippen LogP contribution in [0.1, 0.15) is 0 Å². The highest BCUT2D eigenvalue weighted by Gasteiger charge is 2.17. The van der Waals surface area contributed by atoms with Crippen LogP contribution in [0.2, 0.25) is 0 Å². The predicted molar refractivity (Wildman–Crippen MR) is 48.1 cm³/mol. The van der Waals surface area contributed by atoms with Gasteiger partial charge in [-0.1, -0.05) is 0 Å². The minimum absolute atomic E-state index is 0.0417. The molecular weight excluding hydrogens is 226 g/mol. The molecule has 0 unspecified atom stereocenters. The molecule has 6 heteroatoms. The van der Waals surface area contributed by atoms with E-state index in [0.717, 1.165) is 0 Å². The van der Waals surface area contributed by atoms with Crippen molar-refractivity contribution in [2.24, 2.45) is 0 Å². The van der Waals surface area contributed by atoms with Crippen molar-refractivity contribution in [3.63, 3.8) is 0 Å². The third-order valence-corrected chi connectivity index (χ3v) is 1.93. The number of hydrogen-bond acceptors (Lipinski definition) is 4. The van der Waals surface area contributed by atoms with E-state index >= 15 is 0 Å². The molecule has 1 aromatic heterocycles. The average Bonchev–Trinajstić information content (AvgIpc) is 2.03. The van der Waals surface area contributed by atoms with E-state index in [4.69, 9.17) is 0 Å². The largest absolute Gasteiger partial charge is 0.367 e. The lowest BCUT2D eigenvalue weighted by molar-refractivity contribution is -0.385. The maximum Gasteiger partial charge on any atom is 0.325 e. The highest BCUT2D eigenvalue weighted by Crippen LogP contribution is 2.29. The van der Waals surface area contributed by atoms with Gasteiger partial charge in [-0.3, -0.25) is 10.1 Å². The summed E-state index contributed by atoms with van der Waals surface area (Å²) >= 11 is 3.07. The Morgan fingerprint density at radius 2 is 2.42 bits per heavy atom. The molecule has 0 aliphatic heterocycles. The zero-order valence-electron chi connectivity index (χ0n) is 6.24. The van der Waals surface area contributed by atoms with Crippen LogP contribution in [0.5, 0.6) is 0 Å². The third-order valence-electron chi connectivity index (χ3n) is 1.29. The SMILES string of the molecule is CNc1nccc(Br)c1[N+](=O)[O-]. The van der Waals surface area contributed by atoms with Gasteiger partial charge in [0.05, 0.1) is 4.92 Å². The molecule has 0 fully saturated rings. The molecule has 1 rings (SSSR count). The van der Waals surface area contributed by atoms with E-state index in [1.54, 1.807) is 7.05 Å². The van der Waals surface area contributed by atoms with Crippen LogP contribution in [0, 0.1) is 10.1 Å². The Morgan fingerprint density at radius 3 is 2.83 bits per heavy atom. The molecule has 0 radical (unpaired) electrons. The van der Waals surface area contributed by atoms with Gasteiger partial charge in [0.1, 0.15) is 4.47 Å². The Hall–Kier alpha value is -1.17. The van der Waals surface area contributed by atoms with Crippen LogP contribution in [0.15, 0.2) is 16.7 Å². The summed E-state index contributed by atoms with van der Waals surface area (Å²) in [5, 5.41) is 13.1. The monoisotopic (exact) mass is 231 g/mol. The van der Waals surface area contributed by atoms with Crippen molar-refractivity contribution in [3.05, 3.63) is 26.9 Å². The summed E-state index contributed by atoms with van der Waals surface area (Å²) in [4.78, 5) is 13.8. The third kappa shape index (κ3) is 1.53. The fourth-order valence-corrected chi connectivity index (χ4v) is 1.24. The Labute approximate surface area is 77.1 Å². The van der Waals surface area contributed by atoms with Crippen LogP contribution in [0.3, 0.4) is 0 Å². The van der Waals surface area contributed by atoms with Crippen LogP contribution < -0.4 is 5.32 Å². The van der Waals surface area contributed by atoms with Gasteiger partial charge in [0.25, 0.3) is 0 Å². The highest BCUT2D eigenvalue weighted by molar-refractivity contribution is 9.10. The first-order valence-electron chi connectivity index (χ1n) is 3.13. The van der Waals surface area contributed by atoms with Gasteiger partial charge in [0, 0.05) is 13.2 Å². The summed E-state index contributed by atoms with van der Waals surface area (Å²) < 4.78 is 0.423. The van der Waals surface area contributed by atoms with Crippen molar-refractivity contribution in [1.29, 1.82) is 0 Å². The van der Waals surface area contributed by atoms with Crippen LogP contribution >= 0.6 is 15.9 Å². The van der Waals surface area contributed by atoms with Gasteiger partial charge in [0.2, 0.25) is 5.82 Å². The topological polar surface area (TPSA) is 68.1 Å². The second-order valence-electron chi connectivity index (χ2n) is 2.00. The molecule has 0 aromatic carbocycles. The van der Waals surface area contributed by atoms with E-state index in [1.807, 2.05) is 0 Å². The molecule has 0 saturated heterocycles. The van der Waals surface area contributed by atoms with Gasteiger partial charge in [-0.05, 0) is 22.0 Å². The number of halogens is 1. The van der Waals surface area contributed by atoms with E-state index in [-0.39, 0.29) is 11.5 Å². The summed E-state index contributed by atoms with van der Waals surface area (Å²) in [5.41, 5.74) is -0.0417. The van der Waals surface area contributed by atoms with Crippen molar-refractivity contribution in [3.8, 4) is 0 Å². The number of anilines is 1. The number of rotatable bonds is 2. The first-order chi connectivity index (χ1) is 5.66.